The Bertz CT molecular complexity index is 120. The maximum absolute atomic E-state index is 2.61. The van der Waals surface area contributed by atoms with Crippen molar-refractivity contribution in [3.8, 4) is 0 Å². The summed E-state index contributed by atoms with van der Waals surface area (Å²) in [5.74, 6) is 0. The summed E-state index contributed by atoms with van der Waals surface area (Å²) in [6.07, 6.45) is 2.83. The smallest absolute Gasteiger partial charge is 0.0235 e. The van der Waals surface area contributed by atoms with Gasteiger partial charge in [0.05, 0.1) is 0 Å². The van der Waals surface area contributed by atoms with Crippen molar-refractivity contribution in [2.45, 2.75) is 18.9 Å². The van der Waals surface area contributed by atoms with Crippen LogP contribution in [0.25, 0.3) is 0 Å². The van der Waals surface area contributed by atoms with Gasteiger partial charge in [0.1, 0.15) is 0 Å². The molecule has 2 heterocycles. The molecule has 2 aliphatic rings. The Morgan fingerprint density at radius 2 is 2.00 bits per heavy atom. The first-order valence-electron chi connectivity index (χ1n) is 4.29. The summed E-state index contributed by atoms with van der Waals surface area (Å²) in [6, 6.07) is 0.902. The van der Waals surface area contributed by atoms with Gasteiger partial charge in [0.25, 0.3) is 0 Å². The largest absolute Gasteiger partial charge is 0.305 e. The Balaban J connectivity index is 1.82. The summed E-state index contributed by atoms with van der Waals surface area (Å²) in [7, 11) is 2.22. The molecule has 0 amide bonds. The van der Waals surface area contributed by atoms with Crippen LogP contribution in [0, 0.1) is 0 Å². The third-order valence-corrected chi connectivity index (χ3v) is 2.77. The fourth-order valence-corrected chi connectivity index (χ4v) is 1.92. The van der Waals surface area contributed by atoms with E-state index in [0.29, 0.717) is 0 Å². The highest BCUT2D eigenvalue weighted by Gasteiger charge is 2.28. The second-order valence-electron chi connectivity index (χ2n) is 3.59. The highest BCUT2D eigenvalue weighted by atomic mass is 15.3. The molecule has 2 heteroatoms. The maximum atomic E-state index is 2.61. The quantitative estimate of drug-likeness (QED) is 0.520. The predicted octanol–water partition coefficient (Wildman–Crippen LogP) is 0.396. The summed E-state index contributed by atoms with van der Waals surface area (Å²) in [6.45, 7) is 5.33. The van der Waals surface area contributed by atoms with Crippen LogP contribution in [0.2, 0.25) is 0 Å². The van der Waals surface area contributed by atoms with Crippen LogP contribution in [0.5, 0.6) is 0 Å². The first-order chi connectivity index (χ1) is 4.86. The highest BCUT2D eigenvalue weighted by molar-refractivity contribution is 4.85. The van der Waals surface area contributed by atoms with Crippen LogP contribution in [0.15, 0.2) is 0 Å². The van der Waals surface area contributed by atoms with Gasteiger partial charge in [-0.05, 0) is 39.5 Å². The van der Waals surface area contributed by atoms with Crippen molar-refractivity contribution < 1.29 is 0 Å². The average molecular weight is 140 g/mol. The second-order valence-corrected chi connectivity index (χ2v) is 3.59. The lowest BCUT2D eigenvalue weighted by Crippen LogP contribution is -2.46. The van der Waals surface area contributed by atoms with E-state index in [2.05, 4.69) is 16.8 Å². The summed E-state index contributed by atoms with van der Waals surface area (Å²) >= 11 is 0. The van der Waals surface area contributed by atoms with Crippen molar-refractivity contribution >= 4 is 0 Å². The van der Waals surface area contributed by atoms with Crippen LogP contribution in [0.4, 0.5) is 0 Å². The molecule has 0 aromatic heterocycles. The average Bonchev–Trinajstić information content (AvgIpc) is 2.10. The van der Waals surface area contributed by atoms with Gasteiger partial charge in [-0.15, -0.1) is 0 Å². The number of rotatable bonds is 1. The molecule has 0 aromatic carbocycles. The van der Waals surface area contributed by atoms with E-state index in [-0.39, 0.29) is 0 Å². The molecule has 0 saturated carbocycles. The summed E-state index contributed by atoms with van der Waals surface area (Å²) in [5.41, 5.74) is 0. The molecular formula is C8H16N2. The molecule has 0 spiro atoms. The summed E-state index contributed by atoms with van der Waals surface area (Å²) < 4.78 is 0. The molecular weight excluding hydrogens is 124 g/mol. The first kappa shape index (κ1) is 6.62. The van der Waals surface area contributed by atoms with Crippen LogP contribution in [-0.4, -0.2) is 49.1 Å². The van der Waals surface area contributed by atoms with Gasteiger partial charge in [-0.3, -0.25) is 4.90 Å². The van der Waals surface area contributed by atoms with Crippen LogP contribution >= 0.6 is 0 Å². The van der Waals surface area contributed by atoms with Crippen molar-refractivity contribution in [3.05, 3.63) is 0 Å². The van der Waals surface area contributed by atoms with E-state index in [0.717, 1.165) is 6.04 Å². The fraction of sp³-hybridized carbons (Fsp3) is 1.00. The molecule has 2 fully saturated rings. The van der Waals surface area contributed by atoms with Crippen molar-refractivity contribution in [1.82, 2.24) is 9.80 Å². The zero-order chi connectivity index (χ0) is 6.97. The van der Waals surface area contributed by atoms with Crippen molar-refractivity contribution in [1.29, 1.82) is 0 Å². The van der Waals surface area contributed by atoms with E-state index < -0.39 is 0 Å². The van der Waals surface area contributed by atoms with Crippen LogP contribution < -0.4 is 0 Å². The van der Waals surface area contributed by atoms with Gasteiger partial charge in [0.15, 0.2) is 0 Å². The lowest BCUT2D eigenvalue weighted by molar-refractivity contribution is 0.122. The molecule has 2 nitrogen and oxygen atoms in total. The van der Waals surface area contributed by atoms with E-state index in [1.54, 1.807) is 0 Å². The minimum Gasteiger partial charge on any atom is -0.305 e. The lowest BCUT2D eigenvalue weighted by Gasteiger charge is -2.36. The highest BCUT2D eigenvalue weighted by Crippen LogP contribution is 2.18. The molecule has 0 N–H and O–H groups in total. The van der Waals surface area contributed by atoms with E-state index in [9.17, 15) is 0 Å². The number of hydrogen-bond acceptors (Lipinski definition) is 2. The van der Waals surface area contributed by atoms with Crippen molar-refractivity contribution in [2.75, 3.05) is 33.2 Å². The fourth-order valence-electron chi connectivity index (χ4n) is 1.92. The monoisotopic (exact) mass is 140 g/mol. The molecule has 10 heavy (non-hydrogen) atoms. The molecule has 0 radical (unpaired) electrons. The summed E-state index contributed by atoms with van der Waals surface area (Å²) in [5, 5.41) is 0. The number of hydrogen-bond donors (Lipinski definition) is 0. The topological polar surface area (TPSA) is 6.48 Å². The van der Waals surface area contributed by atoms with E-state index in [4.69, 9.17) is 0 Å². The van der Waals surface area contributed by atoms with Crippen molar-refractivity contribution in [2.24, 2.45) is 0 Å². The number of likely N-dealkylation sites (tertiary alicyclic amines) is 2. The lowest BCUT2D eigenvalue weighted by atomic mass is 10.1. The van der Waals surface area contributed by atoms with Gasteiger partial charge in [-0.25, -0.2) is 0 Å². The van der Waals surface area contributed by atoms with Gasteiger partial charge < -0.3 is 4.90 Å². The Labute approximate surface area is 62.8 Å². The second kappa shape index (κ2) is 2.51. The zero-order valence-electron chi connectivity index (χ0n) is 6.71. The van der Waals surface area contributed by atoms with Gasteiger partial charge >= 0.3 is 0 Å². The van der Waals surface area contributed by atoms with Gasteiger partial charge in [0, 0.05) is 12.6 Å². The maximum Gasteiger partial charge on any atom is 0.0235 e. The zero-order valence-corrected chi connectivity index (χ0v) is 6.71. The Kier molecular flexibility index (Phi) is 1.66. The Morgan fingerprint density at radius 1 is 1.20 bits per heavy atom. The minimum atomic E-state index is 0.902. The Hall–Kier alpha value is -0.0800. The first-order valence-corrected chi connectivity index (χ1v) is 4.29. The third-order valence-electron chi connectivity index (χ3n) is 2.77. The Morgan fingerprint density at radius 3 is 2.40 bits per heavy atom. The molecule has 0 bridgehead atoms. The molecule has 0 aromatic rings. The van der Waals surface area contributed by atoms with E-state index in [1.165, 1.54) is 39.0 Å². The minimum absolute atomic E-state index is 0.902. The van der Waals surface area contributed by atoms with E-state index in [1.807, 2.05) is 0 Å². The van der Waals surface area contributed by atoms with Crippen molar-refractivity contribution in [3.63, 3.8) is 0 Å². The molecule has 2 saturated heterocycles. The van der Waals surface area contributed by atoms with Gasteiger partial charge in [0.2, 0.25) is 0 Å². The predicted molar refractivity (Wildman–Crippen MR) is 42.1 cm³/mol. The van der Waals surface area contributed by atoms with Crippen LogP contribution in [0.1, 0.15) is 12.8 Å². The molecule has 1 atom stereocenters. The van der Waals surface area contributed by atoms with E-state index >= 15 is 0 Å². The molecule has 2 rings (SSSR count). The SMILES string of the molecule is CN1CC[C@@H](N2CCC2)C1. The molecule has 2 aliphatic heterocycles. The summed E-state index contributed by atoms with van der Waals surface area (Å²) in [4.78, 5) is 5.05. The molecule has 0 aliphatic carbocycles. The van der Waals surface area contributed by atoms with Crippen LogP contribution in [0.3, 0.4) is 0 Å². The molecule has 0 unspecified atom stereocenters. The molecule has 58 valence electrons. The standard InChI is InChI=1S/C8H16N2/c1-9-6-3-8(7-9)10-4-2-5-10/h8H,2-7H2,1H3/t8-/m1/s1. The third kappa shape index (κ3) is 1.06. The van der Waals surface area contributed by atoms with Gasteiger partial charge in [-0.2, -0.15) is 0 Å². The van der Waals surface area contributed by atoms with Crippen LogP contribution in [-0.2, 0) is 0 Å². The normalized spacial score (nSPS) is 36.3. The van der Waals surface area contributed by atoms with Gasteiger partial charge in [-0.1, -0.05) is 0 Å². The number of nitrogens with zero attached hydrogens (tertiary/aromatic N) is 2. The number of likely N-dealkylation sites (N-methyl/N-ethyl adjacent to an activating group) is 1.